The van der Waals surface area contributed by atoms with Crippen molar-refractivity contribution in [2.45, 2.75) is 25.5 Å². The van der Waals surface area contributed by atoms with E-state index in [0.29, 0.717) is 26.2 Å². The Bertz CT molecular complexity index is 648. The number of carboxylic acids is 1. The van der Waals surface area contributed by atoms with Crippen molar-refractivity contribution in [3.63, 3.8) is 0 Å². The molecule has 2 aliphatic heterocycles. The lowest BCUT2D eigenvalue weighted by atomic mass is 10.1. The van der Waals surface area contributed by atoms with Crippen LogP contribution in [0.2, 0.25) is 0 Å². The molecule has 1 aromatic carbocycles. The van der Waals surface area contributed by atoms with Gasteiger partial charge in [-0.15, -0.1) is 0 Å². The third-order valence-corrected chi connectivity index (χ3v) is 4.63. The van der Waals surface area contributed by atoms with E-state index >= 15 is 0 Å². The minimum atomic E-state index is -0.940. The van der Waals surface area contributed by atoms with Gasteiger partial charge in [0.1, 0.15) is 0 Å². The average molecular weight is 346 g/mol. The van der Waals surface area contributed by atoms with E-state index in [9.17, 15) is 14.4 Å². The first kappa shape index (κ1) is 17.4. The molecule has 0 aliphatic carbocycles. The van der Waals surface area contributed by atoms with E-state index in [1.165, 1.54) is 0 Å². The van der Waals surface area contributed by atoms with E-state index in [1.54, 1.807) is 9.80 Å². The summed E-state index contributed by atoms with van der Waals surface area (Å²) in [7, 11) is 0. The number of carbonyl (C=O) groups excluding carboxylic acids is 2. The largest absolute Gasteiger partial charge is 0.481 e. The van der Waals surface area contributed by atoms with Gasteiger partial charge in [-0.1, -0.05) is 30.3 Å². The van der Waals surface area contributed by atoms with Crippen molar-refractivity contribution in [3.05, 3.63) is 35.9 Å². The van der Waals surface area contributed by atoms with Crippen molar-refractivity contribution in [3.8, 4) is 0 Å². The number of morpholine rings is 1. The SMILES string of the molecule is O=C(O)C[C@@H]1CN(C(=O)[C@@H]2CC(=O)N(Cc3ccccc3)C2)CCO1. The summed E-state index contributed by atoms with van der Waals surface area (Å²) in [4.78, 5) is 39.1. The van der Waals surface area contributed by atoms with Crippen LogP contribution in [0.4, 0.5) is 0 Å². The molecule has 2 amide bonds. The summed E-state index contributed by atoms with van der Waals surface area (Å²) in [5.74, 6) is -1.40. The van der Waals surface area contributed by atoms with Crippen molar-refractivity contribution >= 4 is 17.8 Å². The van der Waals surface area contributed by atoms with Crippen molar-refractivity contribution in [2.24, 2.45) is 5.92 Å². The normalized spacial score (nSPS) is 23.8. The highest BCUT2D eigenvalue weighted by molar-refractivity contribution is 5.89. The van der Waals surface area contributed by atoms with Crippen molar-refractivity contribution in [1.82, 2.24) is 9.80 Å². The number of nitrogens with zero attached hydrogens (tertiary/aromatic N) is 2. The minimum Gasteiger partial charge on any atom is -0.481 e. The van der Waals surface area contributed by atoms with Crippen LogP contribution in [0.25, 0.3) is 0 Å². The van der Waals surface area contributed by atoms with Gasteiger partial charge in [-0.2, -0.15) is 0 Å². The van der Waals surface area contributed by atoms with Crippen molar-refractivity contribution in [2.75, 3.05) is 26.2 Å². The molecular weight excluding hydrogens is 324 g/mol. The molecule has 3 rings (SSSR count). The molecule has 2 aliphatic rings. The smallest absolute Gasteiger partial charge is 0.306 e. The number of likely N-dealkylation sites (tertiary alicyclic amines) is 1. The monoisotopic (exact) mass is 346 g/mol. The molecule has 7 nitrogen and oxygen atoms in total. The molecule has 2 fully saturated rings. The molecule has 2 atom stereocenters. The molecule has 1 aromatic rings. The quantitative estimate of drug-likeness (QED) is 0.850. The first-order chi connectivity index (χ1) is 12.0. The van der Waals surface area contributed by atoms with Crippen LogP contribution in [0, 0.1) is 5.92 Å². The zero-order chi connectivity index (χ0) is 17.8. The van der Waals surface area contributed by atoms with E-state index in [2.05, 4.69) is 0 Å². The van der Waals surface area contributed by atoms with Crippen LogP contribution in [0.1, 0.15) is 18.4 Å². The molecule has 0 saturated carbocycles. The highest BCUT2D eigenvalue weighted by atomic mass is 16.5. The van der Waals surface area contributed by atoms with Gasteiger partial charge in [-0.3, -0.25) is 14.4 Å². The highest BCUT2D eigenvalue weighted by Gasteiger charge is 2.38. The lowest BCUT2D eigenvalue weighted by Gasteiger charge is -2.33. The Balaban J connectivity index is 1.57. The van der Waals surface area contributed by atoms with Gasteiger partial charge < -0.3 is 19.6 Å². The number of carboxylic acid groups (broad SMARTS) is 1. The third-order valence-electron chi connectivity index (χ3n) is 4.63. The molecule has 7 heteroatoms. The zero-order valence-corrected chi connectivity index (χ0v) is 14.0. The fourth-order valence-corrected chi connectivity index (χ4v) is 3.39. The Hall–Kier alpha value is -2.41. The minimum absolute atomic E-state index is 0.0162. The van der Waals surface area contributed by atoms with Crippen LogP contribution in [0.5, 0.6) is 0 Å². The second kappa shape index (κ2) is 7.65. The molecule has 2 saturated heterocycles. The number of rotatable bonds is 5. The first-order valence-corrected chi connectivity index (χ1v) is 8.47. The number of amides is 2. The van der Waals surface area contributed by atoms with Gasteiger partial charge in [0.15, 0.2) is 0 Å². The predicted molar refractivity (Wildman–Crippen MR) is 88.5 cm³/mol. The summed E-state index contributed by atoms with van der Waals surface area (Å²) in [6.45, 7) is 1.96. The van der Waals surface area contributed by atoms with Crippen molar-refractivity contribution in [1.29, 1.82) is 0 Å². The summed E-state index contributed by atoms with van der Waals surface area (Å²) in [6.07, 6.45) is -0.382. The third kappa shape index (κ3) is 4.36. The second-order valence-corrected chi connectivity index (χ2v) is 6.54. The molecule has 0 aromatic heterocycles. The molecule has 134 valence electrons. The Morgan fingerprint density at radius 3 is 2.68 bits per heavy atom. The van der Waals surface area contributed by atoms with E-state index in [-0.39, 0.29) is 37.1 Å². The van der Waals surface area contributed by atoms with Gasteiger partial charge >= 0.3 is 5.97 Å². The van der Waals surface area contributed by atoms with Gasteiger partial charge in [0.25, 0.3) is 0 Å². The average Bonchev–Trinajstić information content (AvgIpc) is 2.95. The molecular formula is C18H22N2O5. The van der Waals surface area contributed by atoms with Crippen LogP contribution in [-0.2, 0) is 25.7 Å². The number of aliphatic carboxylic acids is 1. The number of hydrogen-bond acceptors (Lipinski definition) is 4. The lowest BCUT2D eigenvalue weighted by Crippen LogP contribution is -2.48. The second-order valence-electron chi connectivity index (χ2n) is 6.54. The van der Waals surface area contributed by atoms with Crippen LogP contribution in [0.15, 0.2) is 30.3 Å². The van der Waals surface area contributed by atoms with Gasteiger partial charge in [0, 0.05) is 32.6 Å². The summed E-state index contributed by atoms with van der Waals surface area (Å²) in [5.41, 5.74) is 1.04. The molecule has 25 heavy (non-hydrogen) atoms. The topological polar surface area (TPSA) is 87.2 Å². The number of carbonyl (C=O) groups is 3. The van der Waals surface area contributed by atoms with Crippen molar-refractivity contribution < 1.29 is 24.2 Å². The Kier molecular flexibility index (Phi) is 5.33. The Morgan fingerprint density at radius 1 is 1.20 bits per heavy atom. The maximum absolute atomic E-state index is 12.7. The lowest BCUT2D eigenvalue weighted by molar-refractivity contribution is -0.149. The molecule has 0 radical (unpaired) electrons. The maximum atomic E-state index is 12.7. The fraction of sp³-hybridized carbons (Fsp3) is 0.500. The van der Waals surface area contributed by atoms with Gasteiger partial charge in [0.2, 0.25) is 11.8 Å². The number of benzene rings is 1. The molecule has 0 unspecified atom stereocenters. The van der Waals surface area contributed by atoms with Gasteiger partial charge in [-0.05, 0) is 5.56 Å². The summed E-state index contributed by atoms with van der Waals surface area (Å²) >= 11 is 0. The van der Waals surface area contributed by atoms with E-state index in [1.807, 2.05) is 30.3 Å². The summed E-state index contributed by atoms with van der Waals surface area (Å²) in [6, 6.07) is 9.69. The number of ether oxygens (including phenoxy) is 1. The fourth-order valence-electron chi connectivity index (χ4n) is 3.39. The molecule has 2 heterocycles. The Labute approximate surface area is 146 Å². The predicted octanol–water partition coefficient (Wildman–Crippen LogP) is 0.737. The van der Waals surface area contributed by atoms with Crippen LogP contribution < -0.4 is 0 Å². The van der Waals surface area contributed by atoms with E-state index in [4.69, 9.17) is 9.84 Å². The maximum Gasteiger partial charge on any atom is 0.306 e. The van der Waals surface area contributed by atoms with Crippen LogP contribution in [0.3, 0.4) is 0 Å². The molecule has 0 bridgehead atoms. The van der Waals surface area contributed by atoms with Crippen LogP contribution >= 0.6 is 0 Å². The molecule has 0 spiro atoms. The van der Waals surface area contributed by atoms with Crippen LogP contribution in [-0.4, -0.2) is 65.0 Å². The van der Waals surface area contributed by atoms with E-state index in [0.717, 1.165) is 5.56 Å². The van der Waals surface area contributed by atoms with Gasteiger partial charge in [0.05, 0.1) is 25.0 Å². The van der Waals surface area contributed by atoms with Gasteiger partial charge in [-0.25, -0.2) is 0 Å². The molecule has 1 N–H and O–H groups in total. The first-order valence-electron chi connectivity index (χ1n) is 8.47. The zero-order valence-electron chi connectivity index (χ0n) is 14.0. The highest BCUT2D eigenvalue weighted by Crippen LogP contribution is 2.23. The summed E-state index contributed by atoms with van der Waals surface area (Å²) in [5, 5.41) is 8.88. The summed E-state index contributed by atoms with van der Waals surface area (Å²) < 4.78 is 5.40. The van der Waals surface area contributed by atoms with E-state index < -0.39 is 12.1 Å². The standard InChI is InChI=1S/C18H22N2O5/c21-16-8-14(11-20(16)10-13-4-2-1-3-5-13)18(24)19-6-7-25-15(12-19)9-17(22)23/h1-5,14-15H,6-12H2,(H,22,23)/t14-,15-/m1/s1. The number of hydrogen-bond donors (Lipinski definition) is 1. The Morgan fingerprint density at radius 2 is 1.96 bits per heavy atom.